The van der Waals surface area contributed by atoms with Crippen molar-refractivity contribution in [3.8, 4) is 5.75 Å². The van der Waals surface area contributed by atoms with E-state index >= 15 is 0 Å². The number of methoxy groups -OCH3 is 1. The second-order valence-corrected chi connectivity index (χ2v) is 3.26. The van der Waals surface area contributed by atoms with E-state index in [2.05, 4.69) is 17.2 Å². The number of nitrogens with zero attached hydrogens (tertiary/aromatic N) is 3. The standard InChI is InChI=1S/C11H12N3O/c1-9-7-14(13-12-9)8-10-3-5-11(15-2)6-4-10/h3-7H,1,8H2,2H3. The van der Waals surface area contributed by atoms with Crippen LogP contribution >= 0.6 is 0 Å². The molecule has 4 nitrogen and oxygen atoms in total. The maximum Gasteiger partial charge on any atom is 0.118 e. The van der Waals surface area contributed by atoms with Gasteiger partial charge in [0.1, 0.15) is 5.75 Å². The third-order valence-corrected chi connectivity index (χ3v) is 2.09. The minimum Gasteiger partial charge on any atom is -0.497 e. The fourth-order valence-corrected chi connectivity index (χ4v) is 1.33. The van der Waals surface area contributed by atoms with Gasteiger partial charge in [0, 0.05) is 6.20 Å². The van der Waals surface area contributed by atoms with Crippen molar-refractivity contribution in [3.05, 3.63) is 48.6 Å². The van der Waals surface area contributed by atoms with Gasteiger partial charge in [0.05, 0.1) is 19.3 Å². The zero-order valence-corrected chi connectivity index (χ0v) is 8.55. The molecule has 0 aliphatic heterocycles. The Morgan fingerprint density at radius 2 is 2.07 bits per heavy atom. The lowest BCUT2D eigenvalue weighted by Gasteiger charge is -2.02. The van der Waals surface area contributed by atoms with Crippen LogP contribution in [-0.4, -0.2) is 22.1 Å². The molecule has 0 fully saturated rings. The van der Waals surface area contributed by atoms with E-state index in [0.29, 0.717) is 12.2 Å². The van der Waals surface area contributed by atoms with Crippen LogP contribution < -0.4 is 4.74 Å². The van der Waals surface area contributed by atoms with Crippen molar-refractivity contribution >= 4 is 0 Å². The first kappa shape index (κ1) is 9.71. The SMILES string of the molecule is [CH2]c1cn(Cc2ccc(OC)cc2)nn1. The van der Waals surface area contributed by atoms with E-state index in [1.54, 1.807) is 11.8 Å². The Hall–Kier alpha value is -1.84. The van der Waals surface area contributed by atoms with Crippen molar-refractivity contribution in [3.63, 3.8) is 0 Å². The summed E-state index contributed by atoms with van der Waals surface area (Å²) in [5, 5.41) is 7.75. The van der Waals surface area contributed by atoms with Crippen LogP contribution in [0.5, 0.6) is 5.75 Å². The Morgan fingerprint density at radius 3 is 2.60 bits per heavy atom. The minimum atomic E-state index is 0.684. The van der Waals surface area contributed by atoms with Gasteiger partial charge in [-0.15, -0.1) is 5.10 Å². The molecule has 0 spiro atoms. The smallest absolute Gasteiger partial charge is 0.118 e. The highest BCUT2D eigenvalue weighted by Crippen LogP contribution is 2.11. The van der Waals surface area contributed by atoms with Crippen molar-refractivity contribution in [1.29, 1.82) is 0 Å². The van der Waals surface area contributed by atoms with Crippen LogP contribution in [0.1, 0.15) is 11.3 Å². The molecule has 2 aromatic rings. The molecule has 0 amide bonds. The quantitative estimate of drug-likeness (QED) is 0.757. The Bertz CT molecular complexity index is 433. The summed E-state index contributed by atoms with van der Waals surface area (Å²) in [5.74, 6) is 0.857. The van der Waals surface area contributed by atoms with Gasteiger partial charge < -0.3 is 4.74 Å². The van der Waals surface area contributed by atoms with Gasteiger partial charge in [-0.05, 0) is 24.6 Å². The largest absolute Gasteiger partial charge is 0.497 e. The van der Waals surface area contributed by atoms with Crippen molar-refractivity contribution < 1.29 is 4.74 Å². The average molecular weight is 202 g/mol. The van der Waals surface area contributed by atoms with Gasteiger partial charge in [0.2, 0.25) is 0 Å². The van der Waals surface area contributed by atoms with Crippen molar-refractivity contribution in [2.75, 3.05) is 7.11 Å². The molecule has 0 saturated heterocycles. The maximum absolute atomic E-state index is 5.08. The summed E-state index contributed by atoms with van der Waals surface area (Å²) in [7, 11) is 1.65. The fourth-order valence-electron chi connectivity index (χ4n) is 1.33. The summed E-state index contributed by atoms with van der Waals surface area (Å²) >= 11 is 0. The molecule has 0 saturated carbocycles. The van der Waals surface area contributed by atoms with Crippen LogP contribution in [0.25, 0.3) is 0 Å². The maximum atomic E-state index is 5.08. The van der Waals surface area contributed by atoms with Crippen molar-refractivity contribution in [1.82, 2.24) is 15.0 Å². The lowest BCUT2D eigenvalue weighted by atomic mass is 10.2. The van der Waals surface area contributed by atoms with E-state index in [9.17, 15) is 0 Å². The molecule has 77 valence electrons. The Morgan fingerprint density at radius 1 is 1.33 bits per heavy atom. The van der Waals surface area contributed by atoms with Crippen LogP contribution in [-0.2, 0) is 6.54 Å². The Balaban J connectivity index is 2.11. The summed E-state index contributed by atoms with van der Waals surface area (Å²) in [6.45, 7) is 4.40. The second-order valence-electron chi connectivity index (χ2n) is 3.26. The highest BCUT2D eigenvalue weighted by molar-refractivity contribution is 5.27. The number of hydrogen-bond acceptors (Lipinski definition) is 3. The van der Waals surface area contributed by atoms with Crippen LogP contribution in [0, 0.1) is 6.92 Å². The highest BCUT2D eigenvalue weighted by atomic mass is 16.5. The minimum absolute atomic E-state index is 0.684. The molecule has 0 unspecified atom stereocenters. The fraction of sp³-hybridized carbons (Fsp3) is 0.182. The summed E-state index contributed by atoms with van der Waals surface area (Å²) in [6, 6.07) is 7.86. The number of ether oxygens (including phenoxy) is 1. The van der Waals surface area contributed by atoms with Gasteiger partial charge in [0.15, 0.2) is 0 Å². The first-order valence-corrected chi connectivity index (χ1v) is 4.63. The number of aromatic nitrogens is 3. The third-order valence-electron chi connectivity index (χ3n) is 2.09. The number of rotatable bonds is 3. The lowest BCUT2D eigenvalue weighted by Crippen LogP contribution is -2.00. The number of hydrogen-bond donors (Lipinski definition) is 0. The molecule has 1 aromatic heterocycles. The number of benzene rings is 1. The topological polar surface area (TPSA) is 39.9 Å². The monoisotopic (exact) mass is 202 g/mol. The third kappa shape index (κ3) is 2.34. The molecule has 0 N–H and O–H groups in total. The Labute approximate surface area is 88.5 Å². The molecule has 0 atom stereocenters. The van der Waals surface area contributed by atoms with Gasteiger partial charge in [-0.1, -0.05) is 17.3 Å². The van der Waals surface area contributed by atoms with Crippen LogP contribution in [0.3, 0.4) is 0 Å². The first-order chi connectivity index (χ1) is 7.28. The van der Waals surface area contributed by atoms with E-state index < -0.39 is 0 Å². The summed E-state index contributed by atoms with van der Waals surface area (Å²) in [4.78, 5) is 0. The molecule has 0 bridgehead atoms. The van der Waals surface area contributed by atoms with E-state index in [1.807, 2.05) is 30.5 Å². The van der Waals surface area contributed by atoms with Crippen LogP contribution in [0.15, 0.2) is 30.5 Å². The van der Waals surface area contributed by atoms with Crippen LogP contribution in [0.4, 0.5) is 0 Å². The molecule has 1 heterocycles. The van der Waals surface area contributed by atoms with E-state index in [1.165, 1.54) is 0 Å². The van der Waals surface area contributed by atoms with E-state index in [4.69, 9.17) is 4.74 Å². The predicted octanol–water partition coefficient (Wildman–Crippen LogP) is 1.52. The van der Waals surface area contributed by atoms with Crippen LogP contribution in [0.2, 0.25) is 0 Å². The first-order valence-electron chi connectivity index (χ1n) is 4.63. The van der Waals surface area contributed by atoms with Gasteiger partial charge in [0.25, 0.3) is 0 Å². The molecule has 0 aliphatic carbocycles. The van der Waals surface area contributed by atoms with Gasteiger partial charge in [-0.3, -0.25) is 0 Å². The highest BCUT2D eigenvalue weighted by Gasteiger charge is 1.98. The summed E-state index contributed by atoms with van der Waals surface area (Å²) in [6.07, 6.45) is 1.81. The zero-order chi connectivity index (χ0) is 10.7. The zero-order valence-electron chi connectivity index (χ0n) is 8.55. The van der Waals surface area contributed by atoms with Crippen molar-refractivity contribution in [2.45, 2.75) is 6.54 Å². The summed E-state index contributed by atoms with van der Waals surface area (Å²) < 4.78 is 6.83. The molecular weight excluding hydrogens is 190 g/mol. The molecule has 1 aromatic carbocycles. The molecular formula is C11H12N3O. The van der Waals surface area contributed by atoms with E-state index in [0.717, 1.165) is 11.3 Å². The summed E-state index contributed by atoms with van der Waals surface area (Å²) in [5.41, 5.74) is 1.84. The van der Waals surface area contributed by atoms with E-state index in [-0.39, 0.29) is 0 Å². The second kappa shape index (κ2) is 4.13. The molecule has 0 aliphatic rings. The molecule has 4 heteroatoms. The normalized spacial score (nSPS) is 10.3. The van der Waals surface area contributed by atoms with Gasteiger partial charge >= 0.3 is 0 Å². The van der Waals surface area contributed by atoms with Crippen molar-refractivity contribution in [2.24, 2.45) is 0 Å². The average Bonchev–Trinajstić information content (AvgIpc) is 2.65. The van der Waals surface area contributed by atoms with Gasteiger partial charge in [-0.2, -0.15) is 0 Å². The molecule has 1 radical (unpaired) electrons. The molecule has 15 heavy (non-hydrogen) atoms. The predicted molar refractivity (Wildman–Crippen MR) is 56.6 cm³/mol. The lowest BCUT2D eigenvalue weighted by molar-refractivity contribution is 0.414. The molecule has 2 rings (SSSR count). The van der Waals surface area contributed by atoms with Gasteiger partial charge in [-0.25, -0.2) is 4.68 Å². The Kier molecular flexibility index (Phi) is 2.67.